The van der Waals surface area contributed by atoms with Crippen LogP contribution < -0.4 is 0 Å². The van der Waals surface area contributed by atoms with Crippen molar-refractivity contribution in [2.75, 3.05) is 6.61 Å². The van der Waals surface area contributed by atoms with Gasteiger partial charge in [0.15, 0.2) is 11.1 Å². The highest BCUT2D eigenvalue weighted by molar-refractivity contribution is 5.96. The summed E-state index contributed by atoms with van der Waals surface area (Å²) in [5.74, 6) is -0.500. The van der Waals surface area contributed by atoms with Gasteiger partial charge in [-0.25, -0.2) is 4.79 Å². The SMILES string of the molecule is Cc1ccc(C(=O)OCC2(C)[N+]([O-])=C(c3ccccc3)N([O])C2(C)C)cc1. The Labute approximate surface area is 158 Å². The largest absolute Gasteiger partial charge is 0.714 e. The van der Waals surface area contributed by atoms with Crippen molar-refractivity contribution in [3.05, 3.63) is 76.5 Å². The van der Waals surface area contributed by atoms with Crippen LogP contribution in [0.5, 0.6) is 0 Å². The predicted octanol–water partition coefficient (Wildman–Crippen LogP) is 3.31. The Balaban J connectivity index is 1.89. The summed E-state index contributed by atoms with van der Waals surface area (Å²) >= 11 is 0. The number of amidine groups is 1. The van der Waals surface area contributed by atoms with Gasteiger partial charge in [0.2, 0.25) is 0 Å². The molecule has 1 atom stereocenters. The maximum atomic E-state index is 13.1. The van der Waals surface area contributed by atoms with E-state index in [4.69, 9.17) is 4.74 Å². The highest BCUT2D eigenvalue weighted by Crippen LogP contribution is 2.38. The zero-order valence-electron chi connectivity index (χ0n) is 15.9. The lowest BCUT2D eigenvalue weighted by atomic mass is 9.83. The number of carbonyl (C=O) groups is 1. The van der Waals surface area contributed by atoms with E-state index in [9.17, 15) is 15.2 Å². The molecule has 0 bridgehead atoms. The molecule has 27 heavy (non-hydrogen) atoms. The van der Waals surface area contributed by atoms with E-state index in [1.54, 1.807) is 57.2 Å². The Kier molecular flexibility index (Phi) is 4.70. The number of hydrogen-bond acceptors (Lipinski definition) is 4. The first-order valence-corrected chi connectivity index (χ1v) is 8.79. The smallest absolute Gasteiger partial charge is 0.338 e. The molecule has 0 saturated heterocycles. The standard InChI is InChI=1S/C21H23N2O4/c1-15-10-12-17(13-11-15)19(24)27-14-21(4)20(2,3)22(25)18(23(21)26)16-8-6-5-7-9-16/h5-13H,14H2,1-4H3. The van der Waals surface area contributed by atoms with E-state index >= 15 is 0 Å². The molecule has 1 radical (unpaired) electrons. The van der Waals surface area contributed by atoms with Gasteiger partial charge in [-0.15, -0.1) is 0 Å². The average molecular weight is 367 g/mol. The fraction of sp³-hybridized carbons (Fsp3) is 0.333. The van der Waals surface area contributed by atoms with Crippen molar-refractivity contribution in [3.8, 4) is 0 Å². The fourth-order valence-corrected chi connectivity index (χ4v) is 3.08. The quantitative estimate of drug-likeness (QED) is 0.472. The van der Waals surface area contributed by atoms with Crippen LogP contribution in [0.3, 0.4) is 0 Å². The summed E-state index contributed by atoms with van der Waals surface area (Å²) in [5, 5.41) is 26.7. The first-order chi connectivity index (χ1) is 12.7. The minimum absolute atomic E-state index is 0.0227. The van der Waals surface area contributed by atoms with Gasteiger partial charge in [0.25, 0.3) is 0 Å². The third kappa shape index (κ3) is 3.06. The maximum Gasteiger partial charge on any atom is 0.338 e. The van der Waals surface area contributed by atoms with E-state index in [1.165, 1.54) is 0 Å². The van der Waals surface area contributed by atoms with Crippen molar-refractivity contribution in [1.82, 2.24) is 5.06 Å². The minimum Gasteiger partial charge on any atom is -0.714 e. The number of rotatable bonds is 4. The number of nitrogens with zero attached hydrogens (tertiary/aromatic N) is 2. The number of esters is 1. The molecule has 0 N–H and O–H groups in total. The molecule has 0 amide bonds. The average Bonchev–Trinajstić information content (AvgIpc) is 2.79. The monoisotopic (exact) mass is 367 g/mol. The Morgan fingerprint density at radius 2 is 1.67 bits per heavy atom. The van der Waals surface area contributed by atoms with E-state index in [2.05, 4.69) is 0 Å². The van der Waals surface area contributed by atoms with E-state index in [0.29, 0.717) is 15.9 Å². The van der Waals surface area contributed by atoms with Crippen LogP contribution in [0, 0.1) is 12.1 Å². The predicted molar refractivity (Wildman–Crippen MR) is 101 cm³/mol. The molecule has 0 fully saturated rings. The fourth-order valence-electron chi connectivity index (χ4n) is 3.08. The van der Waals surface area contributed by atoms with Crippen LogP contribution in [-0.4, -0.2) is 39.3 Å². The van der Waals surface area contributed by atoms with Crippen molar-refractivity contribution in [1.29, 1.82) is 0 Å². The highest BCUT2D eigenvalue weighted by atomic mass is 16.6. The first-order valence-electron chi connectivity index (χ1n) is 8.79. The molecule has 0 aromatic heterocycles. The lowest BCUT2D eigenvalue weighted by Gasteiger charge is -2.35. The molecule has 1 aliphatic heterocycles. The van der Waals surface area contributed by atoms with Crippen LogP contribution in [0.1, 0.15) is 42.3 Å². The number of ether oxygens (including phenoxy) is 1. The lowest BCUT2D eigenvalue weighted by molar-refractivity contribution is -0.548. The maximum absolute atomic E-state index is 13.1. The zero-order chi connectivity index (χ0) is 19.8. The second-order valence-corrected chi connectivity index (χ2v) is 7.55. The molecule has 0 aliphatic carbocycles. The molecule has 0 saturated carbocycles. The summed E-state index contributed by atoms with van der Waals surface area (Å²) in [6.45, 7) is 6.73. The summed E-state index contributed by atoms with van der Waals surface area (Å²) in [4.78, 5) is 12.4. The molecule has 141 valence electrons. The van der Waals surface area contributed by atoms with Gasteiger partial charge in [0.1, 0.15) is 6.61 Å². The van der Waals surface area contributed by atoms with Crippen LogP contribution in [-0.2, 0) is 9.94 Å². The molecule has 6 heteroatoms. The van der Waals surface area contributed by atoms with E-state index in [1.807, 2.05) is 25.1 Å². The van der Waals surface area contributed by atoms with Gasteiger partial charge in [0.05, 0.1) is 11.1 Å². The first kappa shape index (κ1) is 18.9. The number of aryl methyl sites for hydroxylation is 1. The third-order valence-corrected chi connectivity index (χ3v) is 5.46. The number of benzene rings is 2. The van der Waals surface area contributed by atoms with Crippen molar-refractivity contribution < 1.29 is 19.5 Å². The summed E-state index contributed by atoms with van der Waals surface area (Å²) in [7, 11) is 0. The third-order valence-electron chi connectivity index (χ3n) is 5.46. The van der Waals surface area contributed by atoms with Gasteiger partial charge in [-0.1, -0.05) is 41.0 Å². The van der Waals surface area contributed by atoms with Gasteiger partial charge >= 0.3 is 11.8 Å². The van der Waals surface area contributed by atoms with Crippen molar-refractivity contribution in [2.24, 2.45) is 0 Å². The van der Waals surface area contributed by atoms with Gasteiger partial charge in [-0.05, 0) is 52.0 Å². The second kappa shape index (κ2) is 6.70. The summed E-state index contributed by atoms with van der Waals surface area (Å²) in [6, 6.07) is 15.8. The molecule has 3 rings (SSSR count). The molecule has 0 spiro atoms. The molecule has 6 nitrogen and oxygen atoms in total. The van der Waals surface area contributed by atoms with Crippen LogP contribution in [0.25, 0.3) is 0 Å². The number of hydroxylamine groups is 3. The van der Waals surface area contributed by atoms with Gasteiger partial charge in [-0.3, -0.25) is 4.74 Å². The van der Waals surface area contributed by atoms with E-state index < -0.39 is 17.0 Å². The van der Waals surface area contributed by atoms with Crippen molar-refractivity contribution >= 4 is 11.8 Å². The van der Waals surface area contributed by atoms with E-state index in [-0.39, 0.29) is 12.4 Å². The summed E-state index contributed by atoms with van der Waals surface area (Å²) < 4.78 is 6.11. The summed E-state index contributed by atoms with van der Waals surface area (Å²) in [6.07, 6.45) is 0. The number of hydrogen-bond donors (Lipinski definition) is 0. The Bertz CT molecular complexity index is 875. The molecule has 1 heterocycles. The topological polar surface area (TPSA) is 75.5 Å². The van der Waals surface area contributed by atoms with Crippen molar-refractivity contribution in [3.63, 3.8) is 0 Å². The van der Waals surface area contributed by atoms with Gasteiger partial charge in [0, 0.05) is 5.21 Å². The molecular formula is C21H23N2O4. The van der Waals surface area contributed by atoms with E-state index in [0.717, 1.165) is 10.6 Å². The minimum atomic E-state index is -1.24. The van der Waals surface area contributed by atoms with Gasteiger partial charge in [-0.2, -0.15) is 0 Å². The van der Waals surface area contributed by atoms with Crippen LogP contribution >= 0.6 is 0 Å². The molecule has 2 aromatic carbocycles. The highest BCUT2D eigenvalue weighted by Gasteiger charge is 2.63. The Morgan fingerprint density at radius 3 is 2.26 bits per heavy atom. The Morgan fingerprint density at radius 1 is 1.07 bits per heavy atom. The number of carbonyl (C=O) groups excluding carboxylic acids is 1. The zero-order valence-corrected chi connectivity index (χ0v) is 15.9. The second-order valence-electron chi connectivity index (χ2n) is 7.55. The Hall–Kier alpha value is -2.86. The molecule has 2 aromatic rings. The lowest BCUT2D eigenvalue weighted by Crippen LogP contribution is -2.58. The molecule has 1 unspecified atom stereocenters. The van der Waals surface area contributed by atoms with Crippen LogP contribution in [0.15, 0.2) is 54.6 Å². The normalized spacial score (nSPS) is 21.4. The van der Waals surface area contributed by atoms with Gasteiger partial charge < -0.3 is 9.94 Å². The van der Waals surface area contributed by atoms with Crippen molar-refractivity contribution in [2.45, 2.75) is 38.8 Å². The molecule has 1 aliphatic rings. The van der Waals surface area contributed by atoms with Crippen LogP contribution in [0.2, 0.25) is 0 Å². The summed E-state index contributed by atoms with van der Waals surface area (Å²) in [5.41, 5.74) is -0.355. The van der Waals surface area contributed by atoms with Crippen LogP contribution in [0.4, 0.5) is 0 Å². The molecular weight excluding hydrogens is 344 g/mol.